The van der Waals surface area contributed by atoms with Gasteiger partial charge in [0.2, 0.25) is 0 Å². The molecule has 1 aromatic heterocycles. The molecule has 3 rings (SSSR count). The molecule has 1 saturated heterocycles. The first-order valence-electron chi connectivity index (χ1n) is 7.25. The van der Waals surface area contributed by atoms with Gasteiger partial charge < -0.3 is 10.4 Å². The van der Waals surface area contributed by atoms with Gasteiger partial charge in [0.25, 0.3) is 0 Å². The fourth-order valence-electron chi connectivity index (χ4n) is 2.92. The minimum Gasteiger partial charge on any atom is -0.507 e. The van der Waals surface area contributed by atoms with Gasteiger partial charge in [-0.25, -0.2) is 4.39 Å². The first-order chi connectivity index (χ1) is 10.6. The molecule has 1 aliphatic heterocycles. The highest BCUT2D eigenvalue weighted by Crippen LogP contribution is 2.40. The number of aryl methyl sites for hydroxylation is 1. The summed E-state index contributed by atoms with van der Waals surface area (Å²) in [5, 5.41) is 13.8. The highest BCUT2D eigenvalue weighted by atomic mass is 35.5. The number of aromatic hydroxyl groups is 1. The summed E-state index contributed by atoms with van der Waals surface area (Å²) in [5.74, 6) is -0.164. The van der Waals surface area contributed by atoms with Crippen LogP contribution in [-0.4, -0.2) is 36.2 Å². The van der Waals surface area contributed by atoms with Crippen molar-refractivity contribution in [3.63, 3.8) is 0 Å². The van der Waals surface area contributed by atoms with Gasteiger partial charge in [0.15, 0.2) is 0 Å². The second-order valence-corrected chi connectivity index (χ2v) is 7.24. The minimum atomic E-state index is -0.326. The number of hydrogen-bond acceptors (Lipinski definition) is 4. The van der Waals surface area contributed by atoms with Gasteiger partial charge in [-0.05, 0) is 36.8 Å². The summed E-state index contributed by atoms with van der Waals surface area (Å²) in [6.45, 7) is 5.16. The van der Waals surface area contributed by atoms with Gasteiger partial charge in [-0.3, -0.25) is 4.90 Å². The van der Waals surface area contributed by atoms with Crippen LogP contribution in [0.5, 0.6) is 5.75 Å². The van der Waals surface area contributed by atoms with Crippen molar-refractivity contribution in [1.29, 1.82) is 0 Å². The Morgan fingerprint density at radius 3 is 2.68 bits per heavy atom. The number of thiophene rings is 1. The van der Waals surface area contributed by atoms with Crippen LogP contribution in [0.25, 0.3) is 0 Å². The SMILES string of the molecule is Cc1cc(F)cc([C@@H](c2ccc(Cl)s2)N2CCNCC2)c1O. The van der Waals surface area contributed by atoms with Gasteiger partial charge in [-0.2, -0.15) is 0 Å². The van der Waals surface area contributed by atoms with Crippen molar-refractivity contribution >= 4 is 22.9 Å². The molecule has 1 aliphatic rings. The number of halogens is 2. The molecule has 0 aliphatic carbocycles. The molecule has 0 unspecified atom stereocenters. The summed E-state index contributed by atoms with van der Waals surface area (Å²) in [7, 11) is 0. The zero-order valence-electron chi connectivity index (χ0n) is 12.3. The molecule has 2 N–H and O–H groups in total. The molecule has 2 heterocycles. The number of phenolic OH excluding ortho intramolecular Hbond substituents is 1. The third kappa shape index (κ3) is 3.13. The summed E-state index contributed by atoms with van der Waals surface area (Å²) >= 11 is 7.56. The highest BCUT2D eigenvalue weighted by Gasteiger charge is 2.28. The van der Waals surface area contributed by atoms with E-state index in [9.17, 15) is 9.50 Å². The summed E-state index contributed by atoms with van der Waals surface area (Å²) in [6.07, 6.45) is 0. The lowest BCUT2D eigenvalue weighted by Crippen LogP contribution is -2.45. The highest BCUT2D eigenvalue weighted by molar-refractivity contribution is 7.16. The van der Waals surface area contributed by atoms with Crippen LogP contribution in [0.1, 0.15) is 22.0 Å². The molecular formula is C16H18ClFN2OS. The Kier molecular flexibility index (Phi) is 4.68. The molecule has 0 radical (unpaired) electrons. The van der Waals surface area contributed by atoms with Crippen LogP contribution in [0.4, 0.5) is 4.39 Å². The molecule has 1 aromatic carbocycles. The van der Waals surface area contributed by atoms with E-state index in [0.29, 0.717) is 15.5 Å². The van der Waals surface area contributed by atoms with Crippen molar-refractivity contribution in [2.75, 3.05) is 26.2 Å². The number of benzene rings is 1. The minimum absolute atomic E-state index is 0.162. The van der Waals surface area contributed by atoms with Crippen molar-refractivity contribution < 1.29 is 9.50 Å². The van der Waals surface area contributed by atoms with Crippen LogP contribution in [0, 0.1) is 12.7 Å². The average Bonchev–Trinajstić information content (AvgIpc) is 2.92. The molecule has 22 heavy (non-hydrogen) atoms. The van der Waals surface area contributed by atoms with E-state index in [1.165, 1.54) is 23.5 Å². The maximum Gasteiger partial charge on any atom is 0.124 e. The number of phenols is 1. The van der Waals surface area contributed by atoms with Gasteiger partial charge in [0, 0.05) is 36.6 Å². The lowest BCUT2D eigenvalue weighted by Gasteiger charge is -2.35. The second-order valence-electron chi connectivity index (χ2n) is 5.49. The summed E-state index contributed by atoms with van der Waals surface area (Å²) in [6, 6.07) is 6.42. The smallest absolute Gasteiger partial charge is 0.124 e. The van der Waals surface area contributed by atoms with Crippen LogP contribution in [0.15, 0.2) is 24.3 Å². The molecule has 0 spiro atoms. The van der Waals surface area contributed by atoms with E-state index in [-0.39, 0.29) is 17.6 Å². The fourth-order valence-corrected chi connectivity index (χ4v) is 4.13. The van der Waals surface area contributed by atoms with Crippen LogP contribution in [0.3, 0.4) is 0 Å². The van der Waals surface area contributed by atoms with E-state index in [2.05, 4.69) is 10.2 Å². The molecule has 118 valence electrons. The first-order valence-corrected chi connectivity index (χ1v) is 8.44. The standard InChI is InChI=1S/C16H18ClFN2OS/c1-10-8-11(18)9-12(16(10)21)15(13-2-3-14(17)22-13)20-6-4-19-5-7-20/h2-3,8-9,15,19,21H,4-7H2,1H3/t15-/m0/s1. The summed E-state index contributed by atoms with van der Waals surface area (Å²) in [4.78, 5) is 3.28. The van der Waals surface area contributed by atoms with Crippen molar-refractivity contribution in [3.05, 3.63) is 50.4 Å². The Balaban J connectivity index is 2.08. The Labute approximate surface area is 138 Å². The predicted molar refractivity (Wildman–Crippen MR) is 88.4 cm³/mol. The molecule has 0 bridgehead atoms. The van der Waals surface area contributed by atoms with Crippen molar-refractivity contribution in [3.8, 4) is 5.75 Å². The van der Waals surface area contributed by atoms with E-state index in [1.807, 2.05) is 12.1 Å². The predicted octanol–water partition coefficient (Wildman–Crippen LogP) is 3.55. The Morgan fingerprint density at radius 2 is 2.05 bits per heavy atom. The van der Waals surface area contributed by atoms with Gasteiger partial charge >= 0.3 is 0 Å². The molecule has 0 saturated carbocycles. The molecule has 1 fully saturated rings. The van der Waals surface area contributed by atoms with Crippen LogP contribution < -0.4 is 5.32 Å². The third-order valence-corrected chi connectivity index (χ3v) is 5.25. The number of hydrogen-bond donors (Lipinski definition) is 2. The molecule has 2 aromatic rings. The topological polar surface area (TPSA) is 35.5 Å². The average molecular weight is 341 g/mol. The lowest BCUT2D eigenvalue weighted by atomic mass is 9.99. The Morgan fingerprint density at radius 1 is 1.32 bits per heavy atom. The second kappa shape index (κ2) is 6.54. The number of piperazine rings is 1. The third-order valence-electron chi connectivity index (χ3n) is 3.97. The first kappa shape index (κ1) is 15.7. The lowest BCUT2D eigenvalue weighted by molar-refractivity contribution is 0.197. The molecule has 1 atom stereocenters. The van der Waals surface area contributed by atoms with Crippen molar-refractivity contribution in [2.45, 2.75) is 13.0 Å². The number of rotatable bonds is 3. The zero-order chi connectivity index (χ0) is 15.7. The van der Waals surface area contributed by atoms with Crippen LogP contribution >= 0.6 is 22.9 Å². The number of nitrogens with zero attached hydrogens (tertiary/aromatic N) is 1. The van der Waals surface area contributed by atoms with E-state index < -0.39 is 0 Å². The van der Waals surface area contributed by atoms with Gasteiger partial charge in [-0.1, -0.05) is 11.6 Å². The van der Waals surface area contributed by atoms with E-state index >= 15 is 0 Å². The van der Waals surface area contributed by atoms with E-state index in [4.69, 9.17) is 11.6 Å². The van der Waals surface area contributed by atoms with Crippen LogP contribution in [-0.2, 0) is 0 Å². The summed E-state index contributed by atoms with van der Waals surface area (Å²) < 4.78 is 14.6. The quantitative estimate of drug-likeness (QED) is 0.897. The number of nitrogens with one attached hydrogen (secondary N) is 1. The molecular weight excluding hydrogens is 323 g/mol. The maximum atomic E-state index is 13.9. The maximum absolute atomic E-state index is 13.9. The van der Waals surface area contributed by atoms with Gasteiger partial charge in [-0.15, -0.1) is 11.3 Å². The summed E-state index contributed by atoms with van der Waals surface area (Å²) in [5.41, 5.74) is 1.16. The molecule has 6 heteroatoms. The van der Waals surface area contributed by atoms with E-state index in [1.54, 1.807) is 6.92 Å². The van der Waals surface area contributed by atoms with E-state index in [0.717, 1.165) is 31.1 Å². The van der Waals surface area contributed by atoms with Crippen molar-refractivity contribution in [2.24, 2.45) is 0 Å². The van der Waals surface area contributed by atoms with Crippen molar-refractivity contribution in [1.82, 2.24) is 10.2 Å². The van der Waals surface area contributed by atoms with Gasteiger partial charge in [0.1, 0.15) is 11.6 Å². The van der Waals surface area contributed by atoms with Crippen LogP contribution in [0.2, 0.25) is 4.34 Å². The monoisotopic (exact) mass is 340 g/mol. The fraction of sp³-hybridized carbons (Fsp3) is 0.375. The normalized spacial score (nSPS) is 17.6. The molecule has 0 amide bonds. The zero-order valence-corrected chi connectivity index (χ0v) is 13.8. The Bertz CT molecular complexity index is 670. The van der Waals surface area contributed by atoms with Gasteiger partial charge in [0.05, 0.1) is 10.4 Å². The molecule has 3 nitrogen and oxygen atoms in total. The largest absolute Gasteiger partial charge is 0.507 e. The Hall–Kier alpha value is -1.14.